The van der Waals surface area contributed by atoms with Gasteiger partial charge in [0.15, 0.2) is 0 Å². The predicted molar refractivity (Wildman–Crippen MR) is 64.0 cm³/mol. The lowest BCUT2D eigenvalue weighted by molar-refractivity contribution is -0.118. The Morgan fingerprint density at radius 1 is 1.31 bits per heavy atom. The number of hydrogen-bond acceptors (Lipinski definition) is 1. The Balaban J connectivity index is 2.93. The first-order valence-corrected chi connectivity index (χ1v) is 5.64. The van der Waals surface area contributed by atoms with Gasteiger partial charge in [0, 0.05) is 12.1 Å². The lowest BCUT2D eigenvalue weighted by Gasteiger charge is -2.23. The van der Waals surface area contributed by atoms with Gasteiger partial charge in [0.1, 0.15) is 6.61 Å². The largest absolute Gasteiger partial charge is 0.310 e. The lowest BCUT2D eigenvalue weighted by Crippen LogP contribution is -2.33. The average molecular weight is 220 g/mol. The molecule has 1 rings (SSSR count). The highest BCUT2D eigenvalue weighted by Gasteiger charge is 2.15. The molecular formula is C13H18NO2. The van der Waals surface area contributed by atoms with Gasteiger partial charge in [-0.05, 0) is 25.0 Å². The SMILES string of the molecule is CCCC(=O)N(CC[O])c1ccccc1C. The van der Waals surface area contributed by atoms with Crippen molar-refractivity contribution in [2.45, 2.75) is 26.7 Å². The van der Waals surface area contributed by atoms with Crippen LogP contribution in [0.1, 0.15) is 25.3 Å². The fourth-order valence-corrected chi connectivity index (χ4v) is 1.69. The molecule has 0 unspecified atom stereocenters. The third-order valence-corrected chi connectivity index (χ3v) is 2.49. The number of benzene rings is 1. The molecule has 0 heterocycles. The molecular weight excluding hydrogens is 202 g/mol. The van der Waals surface area contributed by atoms with Crippen molar-refractivity contribution in [3.05, 3.63) is 29.8 Å². The molecule has 0 fully saturated rings. The summed E-state index contributed by atoms with van der Waals surface area (Å²) >= 11 is 0. The van der Waals surface area contributed by atoms with Crippen molar-refractivity contribution >= 4 is 11.6 Å². The molecule has 1 aromatic carbocycles. The van der Waals surface area contributed by atoms with Gasteiger partial charge in [0.25, 0.3) is 0 Å². The van der Waals surface area contributed by atoms with Crippen LogP contribution in [0.5, 0.6) is 0 Å². The highest BCUT2D eigenvalue weighted by atomic mass is 16.3. The summed E-state index contributed by atoms with van der Waals surface area (Å²) in [7, 11) is 0. The van der Waals surface area contributed by atoms with Crippen LogP contribution in [0, 0.1) is 6.92 Å². The minimum atomic E-state index is -0.260. The van der Waals surface area contributed by atoms with Crippen LogP contribution >= 0.6 is 0 Å². The highest BCUT2D eigenvalue weighted by molar-refractivity contribution is 5.94. The number of para-hydroxylation sites is 1. The van der Waals surface area contributed by atoms with E-state index < -0.39 is 0 Å². The summed E-state index contributed by atoms with van der Waals surface area (Å²) in [6.07, 6.45) is 1.30. The first-order chi connectivity index (χ1) is 7.70. The van der Waals surface area contributed by atoms with Crippen LogP contribution in [0.2, 0.25) is 0 Å². The number of carbonyl (C=O) groups excluding carboxylic acids is 1. The minimum absolute atomic E-state index is 0.0349. The molecule has 0 spiro atoms. The fraction of sp³-hybridized carbons (Fsp3) is 0.462. The Kier molecular flexibility index (Phi) is 4.99. The molecule has 16 heavy (non-hydrogen) atoms. The monoisotopic (exact) mass is 220 g/mol. The molecule has 87 valence electrons. The summed E-state index contributed by atoms with van der Waals surface area (Å²) in [6.45, 7) is 3.91. The van der Waals surface area contributed by atoms with Crippen molar-refractivity contribution in [3.63, 3.8) is 0 Å². The van der Waals surface area contributed by atoms with E-state index in [2.05, 4.69) is 0 Å². The zero-order valence-electron chi connectivity index (χ0n) is 9.90. The molecule has 1 aromatic rings. The second-order valence-corrected chi connectivity index (χ2v) is 3.79. The van der Waals surface area contributed by atoms with Crippen LogP contribution in [0.3, 0.4) is 0 Å². The number of rotatable bonds is 5. The second kappa shape index (κ2) is 6.28. The lowest BCUT2D eigenvalue weighted by atomic mass is 10.1. The van der Waals surface area contributed by atoms with Gasteiger partial charge in [-0.25, -0.2) is 5.11 Å². The van der Waals surface area contributed by atoms with Gasteiger partial charge in [-0.1, -0.05) is 25.1 Å². The molecule has 0 aliphatic carbocycles. The summed E-state index contributed by atoms with van der Waals surface area (Å²) in [6, 6.07) is 7.66. The van der Waals surface area contributed by atoms with Crippen LogP contribution in [-0.2, 0) is 9.90 Å². The van der Waals surface area contributed by atoms with Gasteiger partial charge in [-0.15, -0.1) is 0 Å². The van der Waals surface area contributed by atoms with Crippen LogP contribution in [0.25, 0.3) is 0 Å². The summed E-state index contributed by atoms with van der Waals surface area (Å²) in [5, 5.41) is 10.7. The molecule has 1 amide bonds. The average Bonchev–Trinajstić information content (AvgIpc) is 2.27. The van der Waals surface area contributed by atoms with Crippen LogP contribution in [-0.4, -0.2) is 19.1 Å². The van der Waals surface area contributed by atoms with Crippen molar-refractivity contribution < 1.29 is 9.90 Å². The van der Waals surface area contributed by atoms with Gasteiger partial charge in [-0.3, -0.25) is 4.79 Å². The summed E-state index contributed by atoms with van der Waals surface area (Å²) < 4.78 is 0. The Labute approximate surface area is 96.7 Å². The van der Waals surface area contributed by atoms with E-state index in [9.17, 15) is 9.90 Å². The quantitative estimate of drug-likeness (QED) is 0.751. The molecule has 0 atom stereocenters. The predicted octanol–water partition coefficient (Wildman–Crippen LogP) is 2.56. The molecule has 0 bridgehead atoms. The maximum atomic E-state index is 11.9. The third kappa shape index (κ3) is 3.07. The maximum Gasteiger partial charge on any atom is 0.227 e. The number of amides is 1. The Morgan fingerprint density at radius 3 is 2.56 bits per heavy atom. The minimum Gasteiger partial charge on any atom is -0.310 e. The van der Waals surface area contributed by atoms with Crippen LogP contribution in [0.15, 0.2) is 24.3 Å². The Bertz CT molecular complexity index is 350. The van der Waals surface area contributed by atoms with Gasteiger partial charge >= 0.3 is 0 Å². The maximum absolute atomic E-state index is 11.9. The number of aryl methyl sites for hydroxylation is 1. The van der Waals surface area contributed by atoms with Crippen LogP contribution < -0.4 is 4.90 Å². The van der Waals surface area contributed by atoms with E-state index in [0.29, 0.717) is 6.42 Å². The molecule has 0 saturated carbocycles. The number of carbonyl (C=O) groups is 1. The molecule has 3 heteroatoms. The Hall–Kier alpha value is -1.35. The van der Waals surface area contributed by atoms with E-state index >= 15 is 0 Å². The van der Waals surface area contributed by atoms with Crippen molar-refractivity contribution in [1.82, 2.24) is 0 Å². The van der Waals surface area contributed by atoms with E-state index in [-0.39, 0.29) is 19.1 Å². The van der Waals surface area contributed by atoms with Crippen molar-refractivity contribution in [1.29, 1.82) is 0 Å². The van der Waals surface area contributed by atoms with E-state index in [1.165, 1.54) is 0 Å². The van der Waals surface area contributed by atoms with Gasteiger partial charge in [-0.2, -0.15) is 0 Å². The summed E-state index contributed by atoms with van der Waals surface area (Å²) in [5.41, 5.74) is 1.89. The van der Waals surface area contributed by atoms with Crippen LogP contribution in [0.4, 0.5) is 5.69 Å². The van der Waals surface area contributed by atoms with Gasteiger partial charge in [0.05, 0.1) is 6.54 Å². The Morgan fingerprint density at radius 2 is 2.00 bits per heavy atom. The third-order valence-electron chi connectivity index (χ3n) is 2.49. The number of nitrogens with zero attached hydrogens (tertiary/aromatic N) is 1. The van der Waals surface area contributed by atoms with E-state index in [1.54, 1.807) is 4.90 Å². The topological polar surface area (TPSA) is 40.2 Å². The van der Waals surface area contributed by atoms with E-state index in [4.69, 9.17) is 0 Å². The molecule has 0 aliphatic heterocycles. The number of hydrogen-bond donors (Lipinski definition) is 0. The smallest absolute Gasteiger partial charge is 0.227 e. The summed E-state index contributed by atoms with van der Waals surface area (Å²) in [5.74, 6) is 0.0349. The molecule has 1 radical (unpaired) electrons. The molecule has 0 saturated heterocycles. The summed E-state index contributed by atoms with van der Waals surface area (Å²) in [4.78, 5) is 13.5. The first-order valence-electron chi connectivity index (χ1n) is 5.64. The van der Waals surface area contributed by atoms with E-state index in [0.717, 1.165) is 17.7 Å². The normalized spacial score (nSPS) is 10.2. The first kappa shape index (κ1) is 12.7. The second-order valence-electron chi connectivity index (χ2n) is 3.79. The van der Waals surface area contributed by atoms with E-state index in [1.807, 2.05) is 38.1 Å². The van der Waals surface area contributed by atoms with Crippen molar-refractivity contribution in [2.75, 3.05) is 18.1 Å². The molecule has 3 nitrogen and oxygen atoms in total. The zero-order valence-corrected chi connectivity index (χ0v) is 9.90. The number of anilines is 1. The van der Waals surface area contributed by atoms with Gasteiger partial charge < -0.3 is 4.90 Å². The fourth-order valence-electron chi connectivity index (χ4n) is 1.69. The van der Waals surface area contributed by atoms with Gasteiger partial charge in [0.2, 0.25) is 5.91 Å². The van der Waals surface area contributed by atoms with Crippen molar-refractivity contribution in [2.24, 2.45) is 0 Å². The molecule has 0 aliphatic rings. The molecule has 0 N–H and O–H groups in total. The molecule has 0 aromatic heterocycles. The standard InChI is InChI=1S/C13H18NO2/c1-3-6-13(16)14(9-10-15)12-8-5-4-7-11(12)2/h4-5,7-8H,3,6,9-10H2,1-2H3. The zero-order chi connectivity index (χ0) is 12.0. The highest BCUT2D eigenvalue weighted by Crippen LogP contribution is 2.20. The van der Waals surface area contributed by atoms with Crippen molar-refractivity contribution in [3.8, 4) is 0 Å².